The molecule has 1 aliphatic heterocycles. The van der Waals surface area contributed by atoms with E-state index in [1.165, 1.54) is 11.3 Å². The molecule has 0 bridgehead atoms. The predicted molar refractivity (Wildman–Crippen MR) is 118 cm³/mol. The van der Waals surface area contributed by atoms with Gasteiger partial charge in [-0.2, -0.15) is 0 Å². The third kappa shape index (κ3) is 6.64. The molecule has 0 atom stereocenters. The molecule has 0 aliphatic carbocycles. The van der Waals surface area contributed by atoms with Gasteiger partial charge >= 0.3 is 0 Å². The molecule has 1 heterocycles. The second-order valence-corrected chi connectivity index (χ2v) is 6.87. The van der Waals surface area contributed by atoms with Crippen LogP contribution in [-0.2, 0) is 11.2 Å². The number of rotatable bonds is 5. The summed E-state index contributed by atoms with van der Waals surface area (Å²) in [5.74, 6) is 0.234. The number of amides is 1. The number of anilines is 2. The summed E-state index contributed by atoms with van der Waals surface area (Å²) in [6.45, 7) is 3.76. The maximum atomic E-state index is 12.5. The van der Waals surface area contributed by atoms with Crippen LogP contribution in [0.5, 0.6) is 0 Å². The highest BCUT2D eigenvalue weighted by Gasteiger charge is 2.22. The third-order valence-corrected chi connectivity index (χ3v) is 4.90. The largest absolute Gasteiger partial charge is 0.399 e. The predicted octanol–water partition coefficient (Wildman–Crippen LogP) is 4.46. The Morgan fingerprint density at radius 2 is 1.81 bits per heavy atom. The van der Waals surface area contributed by atoms with E-state index in [-0.39, 0.29) is 30.7 Å². The van der Waals surface area contributed by atoms with E-state index in [0.29, 0.717) is 18.9 Å². The zero-order valence-corrected chi connectivity index (χ0v) is 17.3. The fourth-order valence-electron chi connectivity index (χ4n) is 3.41. The summed E-state index contributed by atoms with van der Waals surface area (Å²) in [5.41, 5.74) is 10.2. The van der Waals surface area contributed by atoms with Crippen LogP contribution in [0.4, 0.5) is 11.4 Å². The maximum absolute atomic E-state index is 12.5. The number of para-hydroxylation sites is 1. The van der Waals surface area contributed by atoms with Crippen molar-refractivity contribution in [2.24, 2.45) is 0 Å². The lowest BCUT2D eigenvalue weighted by Crippen LogP contribution is -2.42. The molecule has 1 saturated heterocycles. The molecule has 1 amide bonds. The molecule has 148 valence electrons. The number of aryl methyl sites for hydroxylation is 2. The molecule has 1 fully saturated rings. The SMILES string of the molecule is Cc1cccc(NC2CCN(C(=O)CCc3ccccc3N)CC2)c1.Cl.Cl. The van der Waals surface area contributed by atoms with E-state index >= 15 is 0 Å². The molecule has 4 nitrogen and oxygen atoms in total. The fourth-order valence-corrected chi connectivity index (χ4v) is 3.41. The van der Waals surface area contributed by atoms with E-state index in [1.807, 2.05) is 29.2 Å². The normalized spacial score (nSPS) is 14.0. The fraction of sp³-hybridized carbons (Fsp3) is 0.381. The summed E-state index contributed by atoms with van der Waals surface area (Å²) in [5, 5.41) is 3.59. The van der Waals surface area contributed by atoms with Crippen LogP contribution in [0.25, 0.3) is 0 Å². The molecule has 0 unspecified atom stereocenters. The zero-order valence-electron chi connectivity index (χ0n) is 15.7. The Morgan fingerprint density at radius 3 is 2.48 bits per heavy atom. The number of nitrogens with zero attached hydrogens (tertiary/aromatic N) is 1. The van der Waals surface area contributed by atoms with Crippen LogP contribution in [-0.4, -0.2) is 29.9 Å². The molecule has 2 aromatic rings. The first-order valence-corrected chi connectivity index (χ1v) is 9.06. The van der Waals surface area contributed by atoms with Crippen LogP contribution >= 0.6 is 24.8 Å². The van der Waals surface area contributed by atoms with E-state index in [2.05, 4.69) is 36.5 Å². The summed E-state index contributed by atoms with van der Waals surface area (Å²) in [7, 11) is 0. The van der Waals surface area contributed by atoms with Gasteiger partial charge in [-0.3, -0.25) is 4.79 Å². The first kappa shape index (κ1) is 23.1. The summed E-state index contributed by atoms with van der Waals surface area (Å²) in [4.78, 5) is 14.5. The average Bonchev–Trinajstić information content (AvgIpc) is 2.61. The molecule has 0 aromatic heterocycles. The molecule has 0 radical (unpaired) electrons. The molecule has 3 rings (SSSR count). The smallest absolute Gasteiger partial charge is 0.222 e. The Hall–Kier alpha value is -1.91. The Kier molecular flexibility index (Phi) is 9.47. The van der Waals surface area contributed by atoms with E-state index < -0.39 is 0 Å². The number of likely N-dealkylation sites (tertiary alicyclic amines) is 1. The quantitative estimate of drug-likeness (QED) is 0.716. The van der Waals surface area contributed by atoms with Crippen LogP contribution < -0.4 is 11.1 Å². The van der Waals surface area contributed by atoms with Crippen LogP contribution in [0.2, 0.25) is 0 Å². The lowest BCUT2D eigenvalue weighted by Gasteiger charge is -2.33. The lowest BCUT2D eigenvalue weighted by molar-refractivity contribution is -0.132. The first-order valence-electron chi connectivity index (χ1n) is 9.06. The second-order valence-electron chi connectivity index (χ2n) is 6.87. The van der Waals surface area contributed by atoms with Crippen molar-refractivity contribution in [2.45, 2.75) is 38.6 Å². The van der Waals surface area contributed by atoms with Crippen LogP contribution in [0.3, 0.4) is 0 Å². The summed E-state index contributed by atoms with van der Waals surface area (Å²) in [6.07, 6.45) is 3.23. The topological polar surface area (TPSA) is 58.4 Å². The van der Waals surface area contributed by atoms with Gasteiger partial charge in [0.15, 0.2) is 0 Å². The van der Waals surface area contributed by atoms with Gasteiger partial charge in [-0.25, -0.2) is 0 Å². The van der Waals surface area contributed by atoms with Gasteiger partial charge in [0.1, 0.15) is 0 Å². The van der Waals surface area contributed by atoms with Gasteiger partial charge in [0.05, 0.1) is 0 Å². The van der Waals surface area contributed by atoms with E-state index in [1.54, 1.807) is 0 Å². The molecule has 1 aliphatic rings. The minimum Gasteiger partial charge on any atom is -0.399 e. The van der Waals surface area contributed by atoms with Crippen molar-refractivity contribution in [1.29, 1.82) is 0 Å². The molecule has 6 heteroatoms. The highest BCUT2D eigenvalue weighted by Crippen LogP contribution is 2.19. The van der Waals surface area contributed by atoms with Gasteiger partial charge in [-0.15, -0.1) is 24.8 Å². The van der Waals surface area contributed by atoms with Crippen molar-refractivity contribution >= 4 is 42.1 Å². The average molecular weight is 410 g/mol. The molecular weight excluding hydrogens is 381 g/mol. The standard InChI is InChI=1S/C21H27N3O.2ClH/c1-16-5-4-7-19(15-16)23-18-11-13-24(14-12-18)21(25)10-9-17-6-2-3-8-20(17)22;;/h2-8,15,18,23H,9-14,22H2,1H3;2*1H. The Balaban J connectivity index is 0.00000182. The number of piperidine rings is 1. The van der Waals surface area contributed by atoms with E-state index in [9.17, 15) is 4.79 Å². The number of nitrogen functional groups attached to an aromatic ring is 1. The second kappa shape index (κ2) is 11.1. The number of nitrogens with one attached hydrogen (secondary N) is 1. The Bertz CT molecular complexity index is 731. The monoisotopic (exact) mass is 409 g/mol. The summed E-state index contributed by atoms with van der Waals surface area (Å²) < 4.78 is 0. The number of carbonyl (C=O) groups is 1. The molecule has 27 heavy (non-hydrogen) atoms. The maximum Gasteiger partial charge on any atom is 0.222 e. The van der Waals surface area contributed by atoms with Crippen LogP contribution in [0.15, 0.2) is 48.5 Å². The number of hydrogen-bond donors (Lipinski definition) is 2. The van der Waals surface area contributed by atoms with Crippen molar-refractivity contribution in [3.05, 3.63) is 59.7 Å². The van der Waals surface area contributed by atoms with Gasteiger partial charge in [0.25, 0.3) is 0 Å². The number of benzene rings is 2. The third-order valence-electron chi connectivity index (χ3n) is 4.90. The number of nitrogens with two attached hydrogens (primary N) is 1. The van der Waals surface area contributed by atoms with Gasteiger partial charge in [-0.1, -0.05) is 30.3 Å². The molecule has 3 N–H and O–H groups in total. The minimum atomic E-state index is 0. The van der Waals surface area contributed by atoms with Gasteiger partial charge in [0, 0.05) is 36.9 Å². The van der Waals surface area contributed by atoms with Gasteiger partial charge in [-0.05, 0) is 55.5 Å². The Labute approximate surface area is 174 Å². The van der Waals surface area contributed by atoms with Crippen molar-refractivity contribution < 1.29 is 4.79 Å². The lowest BCUT2D eigenvalue weighted by atomic mass is 10.0. The number of carbonyl (C=O) groups excluding carboxylic acids is 1. The summed E-state index contributed by atoms with van der Waals surface area (Å²) >= 11 is 0. The van der Waals surface area contributed by atoms with Gasteiger partial charge in [0.2, 0.25) is 5.91 Å². The van der Waals surface area contributed by atoms with E-state index in [0.717, 1.165) is 37.2 Å². The van der Waals surface area contributed by atoms with Crippen LogP contribution in [0.1, 0.15) is 30.4 Å². The molecule has 0 saturated carbocycles. The zero-order chi connectivity index (χ0) is 17.6. The van der Waals surface area contributed by atoms with Crippen LogP contribution in [0, 0.1) is 6.92 Å². The first-order chi connectivity index (χ1) is 12.1. The van der Waals surface area contributed by atoms with E-state index in [4.69, 9.17) is 5.73 Å². The molecule has 0 spiro atoms. The highest BCUT2D eigenvalue weighted by molar-refractivity contribution is 5.85. The van der Waals surface area contributed by atoms with Crippen molar-refractivity contribution in [2.75, 3.05) is 24.1 Å². The number of hydrogen-bond acceptors (Lipinski definition) is 3. The highest BCUT2D eigenvalue weighted by atomic mass is 35.5. The summed E-state index contributed by atoms with van der Waals surface area (Å²) in [6, 6.07) is 16.7. The minimum absolute atomic E-state index is 0. The van der Waals surface area contributed by atoms with Crippen molar-refractivity contribution in [1.82, 2.24) is 4.90 Å². The van der Waals surface area contributed by atoms with Crippen molar-refractivity contribution in [3.63, 3.8) is 0 Å². The molecule has 2 aromatic carbocycles. The Morgan fingerprint density at radius 1 is 1.11 bits per heavy atom. The van der Waals surface area contributed by atoms with Crippen molar-refractivity contribution in [3.8, 4) is 0 Å². The molecular formula is C21H29Cl2N3O. The number of halogens is 2. The van der Waals surface area contributed by atoms with Gasteiger partial charge < -0.3 is 16.0 Å².